The Kier molecular flexibility index (Phi) is 0.866. The third-order valence-corrected chi connectivity index (χ3v) is 1.89. The van der Waals surface area contributed by atoms with E-state index in [0.717, 1.165) is 6.04 Å². The summed E-state index contributed by atoms with van der Waals surface area (Å²) in [5.74, 6) is 0. The maximum Gasteiger partial charge on any atom is 0.0524 e. The molecule has 2 heteroatoms. The molecule has 1 unspecified atom stereocenters. The first-order valence-corrected chi connectivity index (χ1v) is 3.14. The highest BCUT2D eigenvalue weighted by Gasteiger charge is 2.35. The Hall–Kier alpha value is -0.0800. The van der Waals surface area contributed by atoms with Crippen LogP contribution in [0.2, 0.25) is 0 Å². The number of piperazine rings is 1. The van der Waals surface area contributed by atoms with Crippen LogP contribution in [0.15, 0.2) is 0 Å². The highest BCUT2D eigenvalue weighted by atomic mass is 15.2. The summed E-state index contributed by atoms with van der Waals surface area (Å²) in [5.41, 5.74) is 0. The van der Waals surface area contributed by atoms with Gasteiger partial charge in [-0.05, 0) is 13.5 Å². The third kappa shape index (κ3) is 0.565. The molecule has 45 valence electrons. The molecule has 0 aliphatic carbocycles. The Morgan fingerprint density at radius 2 is 2.50 bits per heavy atom. The number of piperidine rings is 1. The molecule has 8 heavy (non-hydrogen) atoms. The number of hydrogen-bond donors (Lipinski definition) is 1. The van der Waals surface area contributed by atoms with Crippen LogP contribution in [-0.4, -0.2) is 31.1 Å². The second-order valence-electron chi connectivity index (χ2n) is 2.85. The van der Waals surface area contributed by atoms with Crippen LogP contribution in [0.1, 0.15) is 6.42 Å². The summed E-state index contributed by atoms with van der Waals surface area (Å²) < 4.78 is 0. The average Bonchev–Trinajstić information content (AvgIpc) is 1.62. The van der Waals surface area contributed by atoms with Gasteiger partial charge in [0, 0.05) is 19.1 Å². The van der Waals surface area contributed by atoms with Crippen molar-refractivity contribution < 1.29 is 0 Å². The smallest absolute Gasteiger partial charge is 0.0524 e. The zero-order chi connectivity index (χ0) is 5.56. The second-order valence-corrected chi connectivity index (χ2v) is 2.85. The van der Waals surface area contributed by atoms with Crippen molar-refractivity contribution in [2.75, 3.05) is 20.1 Å². The molecule has 0 saturated carbocycles. The van der Waals surface area contributed by atoms with E-state index in [1.807, 2.05) is 0 Å². The van der Waals surface area contributed by atoms with Gasteiger partial charge in [-0.2, -0.15) is 0 Å². The van der Waals surface area contributed by atoms with E-state index in [0.29, 0.717) is 0 Å². The lowest BCUT2D eigenvalue weighted by atomic mass is 9.92. The molecule has 2 nitrogen and oxygen atoms in total. The maximum absolute atomic E-state index is 3.38. The first-order chi connectivity index (χ1) is 3.84. The molecule has 3 aliphatic rings. The maximum atomic E-state index is 3.38. The fourth-order valence-electron chi connectivity index (χ4n) is 1.55. The molecule has 3 saturated heterocycles. The van der Waals surface area contributed by atoms with Crippen LogP contribution in [0.25, 0.3) is 0 Å². The summed E-state index contributed by atoms with van der Waals surface area (Å²) in [6.45, 7) is 2.42. The molecule has 0 aromatic rings. The Morgan fingerprint density at radius 3 is 2.75 bits per heavy atom. The summed E-state index contributed by atoms with van der Waals surface area (Å²) in [5, 5.41) is 3.38. The first kappa shape index (κ1) is 4.77. The minimum atomic E-state index is 0.795. The highest BCUT2D eigenvalue weighted by Crippen LogP contribution is 2.24. The molecular weight excluding hydrogens is 100 g/mol. The molecule has 0 spiro atoms. The lowest BCUT2D eigenvalue weighted by Crippen LogP contribution is -2.60. The van der Waals surface area contributed by atoms with Gasteiger partial charge >= 0.3 is 0 Å². The number of nitrogens with zero attached hydrogens (tertiary/aromatic N) is 1. The lowest BCUT2D eigenvalue weighted by molar-refractivity contribution is 0.161. The Bertz CT molecular complexity index is 86.7. The molecule has 1 N–H and O–H groups in total. The fraction of sp³-hybridized carbons (Fsp3) is 0.833. The van der Waals surface area contributed by atoms with Crippen molar-refractivity contribution in [3.8, 4) is 0 Å². The van der Waals surface area contributed by atoms with Gasteiger partial charge in [-0.25, -0.2) is 0 Å². The van der Waals surface area contributed by atoms with Gasteiger partial charge in [0.15, 0.2) is 0 Å². The standard InChI is InChI=1S/C6H11N2/c1-8-3-5-2-6(4-8)7-5/h5,7H,2-4H2,1H3. The molecule has 3 fully saturated rings. The van der Waals surface area contributed by atoms with Crippen LogP contribution in [-0.2, 0) is 0 Å². The lowest BCUT2D eigenvalue weighted by Gasteiger charge is -2.46. The quantitative estimate of drug-likeness (QED) is 0.466. The summed E-state index contributed by atoms with van der Waals surface area (Å²) >= 11 is 0. The van der Waals surface area contributed by atoms with Crippen molar-refractivity contribution in [2.24, 2.45) is 0 Å². The van der Waals surface area contributed by atoms with Crippen molar-refractivity contribution in [3.05, 3.63) is 6.04 Å². The van der Waals surface area contributed by atoms with E-state index in [1.165, 1.54) is 25.6 Å². The molecule has 0 amide bonds. The number of hydrogen-bond acceptors (Lipinski definition) is 2. The van der Waals surface area contributed by atoms with Gasteiger partial charge in [0.1, 0.15) is 0 Å². The van der Waals surface area contributed by atoms with E-state index in [4.69, 9.17) is 0 Å². The normalized spacial score (nSPS) is 39.4. The summed E-state index contributed by atoms with van der Waals surface area (Å²) in [6.07, 6.45) is 1.34. The van der Waals surface area contributed by atoms with E-state index in [2.05, 4.69) is 17.3 Å². The number of rotatable bonds is 0. The van der Waals surface area contributed by atoms with Crippen molar-refractivity contribution in [2.45, 2.75) is 12.5 Å². The summed E-state index contributed by atoms with van der Waals surface area (Å²) in [6, 6.07) is 2.33. The Labute approximate surface area is 49.9 Å². The second kappa shape index (κ2) is 1.45. The molecule has 1 atom stereocenters. The van der Waals surface area contributed by atoms with Crippen LogP contribution in [0.5, 0.6) is 0 Å². The van der Waals surface area contributed by atoms with Crippen LogP contribution >= 0.6 is 0 Å². The van der Waals surface area contributed by atoms with Gasteiger partial charge in [-0.1, -0.05) is 0 Å². The summed E-state index contributed by atoms with van der Waals surface area (Å²) in [4.78, 5) is 2.36. The van der Waals surface area contributed by atoms with Gasteiger partial charge in [-0.3, -0.25) is 0 Å². The number of nitrogens with one attached hydrogen (secondary N) is 1. The first-order valence-electron chi connectivity index (χ1n) is 3.14. The Balaban J connectivity index is 1.97. The molecule has 3 heterocycles. The van der Waals surface area contributed by atoms with E-state index >= 15 is 0 Å². The van der Waals surface area contributed by atoms with Crippen LogP contribution in [0, 0.1) is 6.04 Å². The van der Waals surface area contributed by atoms with E-state index < -0.39 is 0 Å². The SMILES string of the molecule is CN1C[C]2CC(C1)N2. The summed E-state index contributed by atoms with van der Waals surface area (Å²) in [7, 11) is 2.17. The minimum Gasteiger partial charge on any atom is -0.304 e. The van der Waals surface area contributed by atoms with E-state index in [-0.39, 0.29) is 0 Å². The molecule has 0 aromatic heterocycles. The Morgan fingerprint density at radius 1 is 1.75 bits per heavy atom. The van der Waals surface area contributed by atoms with E-state index in [1.54, 1.807) is 0 Å². The molecule has 1 radical (unpaired) electrons. The van der Waals surface area contributed by atoms with E-state index in [9.17, 15) is 0 Å². The van der Waals surface area contributed by atoms with Crippen molar-refractivity contribution >= 4 is 0 Å². The largest absolute Gasteiger partial charge is 0.304 e. The predicted octanol–water partition coefficient (Wildman–Crippen LogP) is -0.174. The topological polar surface area (TPSA) is 15.3 Å². The average molecular weight is 111 g/mol. The zero-order valence-electron chi connectivity index (χ0n) is 5.15. The molecule has 3 rings (SSSR count). The van der Waals surface area contributed by atoms with Crippen molar-refractivity contribution in [3.63, 3.8) is 0 Å². The van der Waals surface area contributed by atoms with Crippen molar-refractivity contribution in [1.82, 2.24) is 10.2 Å². The third-order valence-electron chi connectivity index (χ3n) is 1.89. The van der Waals surface area contributed by atoms with Gasteiger partial charge in [0.05, 0.1) is 6.04 Å². The number of likely N-dealkylation sites (N-methyl/N-ethyl adjacent to an activating group) is 1. The number of fused-ring (bicyclic) bond motifs is 2. The van der Waals surface area contributed by atoms with Gasteiger partial charge in [0.25, 0.3) is 0 Å². The molecule has 0 aromatic carbocycles. The van der Waals surface area contributed by atoms with Crippen LogP contribution in [0.3, 0.4) is 0 Å². The van der Waals surface area contributed by atoms with Crippen molar-refractivity contribution in [1.29, 1.82) is 0 Å². The van der Waals surface area contributed by atoms with Gasteiger partial charge in [-0.15, -0.1) is 0 Å². The van der Waals surface area contributed by atoms with Gasteiger partial charge in [0.2, 0.25) is 0 Å². The molecular formula is C6H11N2. The van der Waals surface area contributed by atoms with Gasteiger partial charge < -0.3 is 10.2 Å². The minimum absolute atomic E-state index is 0.795. The monoisotopic (exact) mass is 111 g/mol. The predicted molar refractivity (Wildman–Crippen MR) is 32.3 cm³/mol. The highest BCUT2D eigenvalue weighted by molar-refractivity contribution is 5.10. The fourth-order valence-corrected chi connectivity index (χ4v) is 1.55. The van der Waals surface area contributed by atoms with Crippen LogP contribution in [0.4, 0.5) is 0 Å². The zero-order valence-corrected chi connectivity index (χ0v) is 5.15. The molecule has 3 aliphatic heterocycles. The van der Waals surface area contributed by atoms with Crippen LogP contribution < -0.4 is 5.32 Å². The molecule has 2 bridgehead atoms.